The Kier molecular flexibility index (Phi) is 1.28. The van der Waals surface area contributed by atoms with Gasteiger partial charge in [-0.25, -0.2) is 4.98 Å². The molecule has 0 spiro atoms. The minimum absolute atomic E-state index is 0.615. The van der Waals surface area contributed by atoms with Crippen LogP contribution >= 0.6 is 0 Å². The lowest BCUT2D eigenvalue weighted by molar-refractivity contribution is 0.419. The number of aromatic nitrogens is 1. The lowest BCUT2D eigenvalue weighted by Crippen LogP contribution is -1.83. The number of fused-ring (bicyclic) bond motifs is 1. The van der Waals surface area contributed by atoms with E-state index < -0.39 is 0 Å². The van der Waals surface area contributed by atoms with Crippen LogP contribution in [0.2, 0.25) is 0 Å². The topological polar surface area (TPSA) is 35.3 Å². The molecule has 0 saturated heterocycles. The van der Waals surface area contributed by atoms with Crippen LogP contribution in [0.15, 0.2) is 29.0 Å². The molecule has 3 heteroatoms. The number of hydrogen-bond acceptors (Lipinski definition) is 3. The normalized spacial score (nSPS) is 10.3. The van der Waals surface area contributed by atoms with Crippen LogP contribution in [0.4, 0.5) is 0 Å². The number of pyridine rings is 1. The molecule has 56 valence electrons. The zero-order valence-corrected chi connectivity index (χ0v) is 6.07. The van der Waals surface area contributed by atoms with Gasteiger partial charge in [0.2, 0.25) is 5.71 Å². The van der Waals surface area contributed by atoms with Crippen molar-refractivity contribution >= 4 is 11.1 Å². The third-order valence-electron chi connectivity index (χ3n) is 1.55. The van der Waals surface area contributed by atoms with Crippen molar-refractivity contribution in [1.82, 2.24) is 4.98 Å². The highest BCUT2D eigenvalue weighted by Gasteiger charge is 2.02. The van der Waals surface area contributed by atoms with E-state index in [9.17, 15) is 0 Å². The molecule has 0 aliphatic rings. The minimum atomic E-state index is 0.615. The molecule has 0 fully saturated rings. The SMILES string of the molecule is COc1ccnc2occc12. The van der Waals surface area contributed by atoms with Crippen LogP contribution in [0.25, 0.3) is 11.1 Å². The van der Waals surface area contributed by atoms with Gasteiger partial charge in [0.15, 0.2) is 0 Å². The first-order valence-corrected chi connectivity index (χ1v) is 3.28. The summed E-state index contributed by atoms with van der Waals surface area (Å²) in [6, 6.07) is 3.64. The van der Waals surface area contributed by atoms with Crippen LogP contribution < -0.4 is 4.74 Å². The van der Waals surface area contributed by atoms with Gasteiger partial charge in [-0.05, 0) is 12.1 Å². The van der Waals surface area contributed by atoms with Gasteiger partial charge in [0.1, 0.15) is 5.75 Å². The highest BCUT2D eigenvalue weighted by Crippen LogP contribution is 2.23. The first kappa shape index (κ1) is 6.22. The predicted molar refractivity (Wildman–Crippen MR) is 40.6 cm³/mol. The smallest absolute Gasteiger partial charge is 0.229 e. The van der Waals surface area contributed by atoms with Gasteiger partial charge < -0.3 is 9.15 Å². The van der Waals surface area contributed by atoms with Gasteiger partial charge in [-0.1, -0.05) is 0 Å². The summed E-state index contributed by atoms with van der Waals surface area (Å²) in [6.07, 6.45) is 3.25. The molecular weight excluding hydrogens is 142 g/mol. The van der Waals surface area contributed by atoms with Gasteiger partial charge in [0.05, 0.1) is 18.8 Å². The molecule has 2 rings (SSSR count). The van der Waals surface area contributed by atoms with Gasteiger partial charge >= 0.3 is 0 Å². The van der Waals surface area contributed by atoms with E-state index in [2.05, 4.69) is 4.98 Å². The second-order valence-electron chi connectivity index (χ2n) is 2.15. The molecule has 2 heterocycles. The molecule has 0 atom stereocenters. The van der Waals surface area contributed by atoms with Crippen molar-refractivity contribution in [2.75, 3.05) is 7.11 Å². The van der Waals surface area contributed by atoms with E-state index >= 15 is 0 Å². The quantitative estimate of drug-likeness (QED) is 0.620. The molecule has 0 bridgehead atoms. The van der Waals surface area contributed by atoms with E-state index in [-0.39, 0.29) is 0 Å². The number of furan rings is 1. The zero-order chi connectivity index (χ0) is 7.68. The van der Waals surface area contributed by atoms with Gasteiger partial charge in [-0.15, -0.1) is 0 Å². The minimum Gasteiger partial charge on any atom is -0.496 e. The Balaban J connectivity index is 2.79. The standard InChI is InChI=1S/C8H7NO2/c1-10-7-2-4-9-8-6(7)3-5-11-8/h2-5H,1H3. The average Bonchev–Trinajstić information content (AvgIpc) is 2.50. The Hall–Kier alpha value is -1.51. The molecule has 11 heavy (non-hydrogen) atoms. The molecule has 0 unspecified atom stereocenters. The molecular formula is C8H7NO2. The number of nitrogens with zero attached hydrogens (tertiary/aromatic N) is 1. The molecule has 0 aliphatic heterocycles. The number of methoxy groups -OCH3 is 1. The Morgan fingerprint density at radius 2 is 2.36 bits per heavy atom. The maximum Gasteiger partial charge on any atom is 0.229 e. The van der Waals surface area contributed by atoms with E-state index in [1.165, 1.54) is 0 Å². The molecule has 2 aromatic heterocycles. The maximum atomic E-state index is 5.09. The molecule has 0 saturated carbocycles. The van der Waals surface area contributed by atoms with Crippen molar-refractivity contribution in [2.24, 2.45) is 0 Å². The van der Waals surface area contributed by atoms with Gasteiger partial charge in [0.25, 0.3) is 0 Å². The molecule has 0 amide bonds. The van der Waals surface area contributed by atoms with Crippen molar-refractivity contribution in [3.8, 4) is 5.75 Å². The van der Waals surface area contributed by atoms with Crippen LogP contribution in [0.5, 0.6) is 5.75 Å². The summed E-state index contributed by atoms with van der Waals surface area (Å²) < 4.78 is 10.2. The molecule has 3 nitrogen and oxygen atoms in total. The van der Waals surface area contributed by atoms with Crippen molar-refractivity contribution < 1.29 is 9.15 Å². The fraction of sp³-hybridized carbons (Fsp3) is 0.125. The first-order valence-electron chi connectivity index (χ1n) is 3.28. The predicted octanol–water partition coefficient (Wildman–Crippen LogP) is 1.84. The van der Waals surface area contributed by atoms with Gasteiger partial charge in [0, 0.05) is 6.20 Å². The van der Waals surface area contributed by atoms with Gasteiger partial charge in [-0.2, -0.15) is 0 Å². The molecule has 2 aromatic rings. The Morgan fingerprint density at radius 3 is 3.18 bits per heavy atom. The summed E-state index contributed by atoms with van der Waals surface area (Å²) in [7, 11) is 1.63. The Morgan fingerprint density at radius 1 is 1.45 bits per heavy atom. The third-order valence-corrected chi connectivity index (χ3v) is 1.55. The van der Waals surface area contributed by atoms with Crippen molar-refractivity contribution in [3.05, 3.63) is 24.6 Å². The summed E-state index contributed by atoms with van der Waals surface area (Å²) in [5.74, 6) is 0.795. The number of rotatable bonds is 1. The largest absolute Gasteiger partial charge is 0.496 e. The van der Waals surface area contributed by atoms with E-state index in [0.29, 0.717) is 5.71 Å². The summed E-state index contributed by atoms with van der Waals surface area (Å²) in [6.45, 7) is 0. The highest BCUT2D eigenvalue weighted by molar-refractivity contribution is 5.80. The lowest BCUT2D eigenvalue weighted by atomic mass is 10.3. The van der Waals surface area contributed by atoms with Crippen LogP contribution in [0.1, 0.15) is 0 Å². The second-order valence-corrected chi connectivity index (χ2v) is 2.15. The van der Waals surface area contributed by atoms with Crippen LogP contribution in [-0.4, -0.2) is 12.1 Å². The van der Waals surface area contributed by atoms with Gasteiger partial charge in [-0.3, -0.25) is 0 Å². The summed E-state index contributed by atoms with van der Waals surface area (Å²) >= 11 is 0. The molecule has 0 radical (unpaired) electrons. The highest BCUT2D eigenvalue weighted by atomic mass is 16.5. The number of ether oxygens (including phenoxy) is 1. The summed E-state index contributed by atoms with van der Waals surface area (Å²) in [4.78, 5) is 4.00. The third kappa shape index (κ3) is 0.852. The summed E-state index contributed by atoms with van der Waals surface area (Å²) in [5, 5.41) is 0.912. The zero-order valence-electron chi connectivity index (χ0n) is 6.07. The average molecular weight is 149 g/mol. The fourth-order valence-electron chi connectivity index (χ4n) is 1.03. The molecule has 0 N–H and O–H groups in total. The molecule has 0 aromatic carbocycles. The van der Waals surface area contributed by atoms with E-state index in [1.54, 1.807) is 25.6 Å². The van der Waals surface area contributed by atoms with Crippen LogP contribution in [-0.2, 0) is 0 Å². The van der Waals surface area contributed by atoms with Crippen molar-refractivity contribution in [3.63, 3.8) is 0 Å². The van der Waals surface area contributed by atoms with Crippen LogP contribution in [0, 0.1) is 0 Å². The second kappa shape index (κ2) is 2.27. The van der Waals surface area contributed by atoms with E-state index in [0.717, 1.165) is 11.1 Å². The van der Waals surface area contributed by atoms with Crippen molar-refractivity contribution in [2.45, 2.75) is 0 Å². The molecule has 0 aliphatic carbocycles. The Bertz CT molecular complexity index is 367. The summed E-state index contributed by atoms with van der Waals surface area (Å²) in [5.41, 5.74) is 0.615. The fourth-order valence-corrected chi connectivity index (χ4v) is 1.03. The Labute approximate surface area is 63.6 Å². The van der Waals surface area contributed by atoms with Crippen LogP contribution in [0.3, 0.4) is 0 Å². The first-order chi connectivity index (χ1) is 5.42. The van der Waals surface area contributed by atoms with Crippen molar-refractivity contribution in [1.29, 1.82) is 0 Å². The maximum absolute atomic E-state index is 5.09. The monoisotopic (exact) mass is 149 g/mol. The van der Waals surface area contributed by atoms with E-state index in [1.807, 2.05) is 6.07 Å². The number of hydrogen-bond donors (Lipinski definition) is 0. The lowest BCUT2D eigenvalue weighted by Gasteiger charge is -1.97. The van der Waals surface area contributed by atoms with E-state index in [4.69, 9.17) is 9.15 Å².